The summed E-state index contributed by atoms with van der Waals surface area (Å²) in [5.74, 6) is -1.21. The average molecular weight is 329 g/mol. The third-order valence-corrected chi connectivity index (χ3v) is 3.95. The maximum atomic E-state index is 13.8. The van der Waals surface area contributed by atoms with Crippen LogP contribution < -0.4 is 10.9 Å². The molecule has 0 bridgehead atoms. The first-order chi connectivity index (χ1) is 11.5. The quantitative estimate of drug-likeness (QED) is 0.800. The Morgan fingerprint density at radius 1 is 1.21 bits per heavy atom. The summed E-state index contributed by atoms with van der Waals surface area (Å²) in [6.45, 7) is 3.92. The van der Waals surface area contributed by atoms with Crippen molar-refractivity contribution in [2.24, 2.45) is 0 Å². The van der Waals surface area contributed by atoms with Gasteiger partial charge < -0.3 is 5.32 Å². The van der Waals surface area contributed by atoms with Gasteiger partial charge in [0.25, 0.3) is 5.56 Å². The lowest BCUT2D eigenvalue weighted by molar-refractivity contribution is 0.514. The second-order valence-corrected chi connectivity index (χ2v) is 5.71. The zero-order chi connectivity index (χ0) is 17.3. The molecule has 0 aliphatic carbocycles. The number of halogens is 2. The SMILES string of the molecule is Cc1cccc2nc(CN[C@H](C)c3ccc(F)cc3F)cc(=O)n12. The molecule has 1 aromatic carbocycles. The van der Waals surface area contributed by atoms with Crippen molar-refractivity contribution in [2.75, 3.05) is 0 Å². The van der Waals surface area contributed by atoms with Crippen LogP contribution in [0.1, 0.15) is 29.9 Å². The monoisotopic (exact) mass is 329 g/mol. The molecule has 0 amide bonds. The van der Waals surface area contributed by atoms with Gasteiger partial charge in [0.05, 0.1) is 5.69 Å². The Hall–Kier alpha value is -2.60. The van der Waals surface area contributed by atoms with Gasteiger partial charge in [-0.2, -0.15) is 0 Å². The first kappa shape index (κ1) is 16.3. The fraction of sp³-hybridized carbons (Fsp3) is 0.222. The highest BCUT2D eigenvalue weighted by Crippen LogP contribution is 2.18. The van der Waals surface area contributed by atoms with Crippen LogP contribution >= 0.6 is 0 Å². The molecule has 0 fully saturated rings. The van der Waals surface area contributed by atoms with Gasteiger partial charge in [-0.1, -0.05) is 12.1 Å². The van der Waals surface area contributed by atoms with Crippen molar-refractivity contribution in [2.45, 2.75) is 26.4 Å². The minimum Gasteiger partial charge on any atom is -0.304 e. The minimum atomic E-state index is -0.608. The third-order valence-electron chi connectivity index (χ3n) is 3.95. The third kappa shape index (κ3) is 3.19. The van der Waals surface area contributed by atoms with Crippen molar-refractivity contribution in [1.82, 2.24) is 14.7 Å². The van der Waals surface area contributed by atoms with E-state index in [0.29, 0.717) is 23.4 Å². The molecule has 2 aromatic heterocycles. The van der Waals surface area contributed by atoms with Crippen LogP contribution in [0.25, 0.3) is 5.65 Å². The molecule has 3 aromatic rings. The van der Waals surface area contributed by atoms with Crippen molar-refractivity contribution in [3.05, 3.63) is 81.4 Å². The van der Waals surface area contributed by atoms with Crippen molar-refractivity contribution in [3.8, 4) is 0 Å². The number of aromatic nitrogens is 2. The lowest BCUT2D eigenvalue weighted by Gasteiger charge is -2.15. The zero-order valence-corrected chi connectivity index (χ0v) is 13.4. The van der Waals surface area contributed by atoms with Gasteiger partial charge in [0.2, 0.25) is 0 Å². The molecule has 4 nitrogen and oxygen atoms in total. The summed E-state index contributed by atoms with van der Waals surface area (Å²) < 4.78 is 28.3. The molecule has 24 heavy (non-hydrogen) atoms. The van der Waals surface area contributed by atoms with E-state index in [9.17, 15) is 13.6 Å². The smallest absolute Gasteiger partial charge is 0.258 e. The van der Waals surface area contributed by atoms with Gasteiger partial charge in [0.15, 0.2) is 0 Å². The molecule has 6 heteroatoms. The molecule has 3 rings (SSSR count). The number of rotatable bonds is 4. The summed E-state index contributed by atoms with van der Waals surface area (Å²) >= 11 is 0. The van der Waals surface area contributed by atoms with Gasteiger partial charge in [-0.25, -0.2) is 13.8 Å². The normalized spacial score (nSPS) is 12.5. The van der Waals surface area contributed by atoms with E-state index in [0.717, 1.165) is 11.8 Å². The first-order valence-electron chi connectivity index (χ1n) is 7.62. The van der Waals surface area contributed by atoms with Crippen molar-refractivity contribution in [3.63, 3.8) is 0 Å². The molecule has 2 heterocycles. The van der Waals surface area contributed by atoms with E-state index in [-0.39, 0.29) is 11.6 Å². The molecule has 0 aliphatic heterocycles. The Morgan fingerprint density at radius 2 is 2.00 bits per heavy atom. The molecule has 124 valence electrons. The largest absolute Gasteiger partial charge is 0.304 e. The second-order valence-electron chi connectivity index (χ2n) is 5.71. The highest BCUT2D eigenvalue weighted by Gasteiger charge is 2.12. The maximum absolute atomic E-state index is 13.8. The molecule has 0 unspecified atom stereocenters. The Bertz CT molecular complexity index is 953. The van der Waals surface area contributed by atoms with Crippen molar-refractivity contribution in [1.29, 1.82) is 0 Å². The van der Waals surface area contributed by atoms with Crippen LogP contribution in [0.2, 0.25) is 0 Å². The van der Waals surface area contributed by atoms with Crippen LogP contribution in [0.15, 0.2) is 47.3 Å². The van der Waals surface area contributed by atoms with Gasteiger partial charge in [-0.05, 0) is 32.0 Å². The van der Waals surface area contributed by atoms with Crippen LogP contribution in [0, 0.1) is 18.6 Å². The minimum absolute atomic E-state index is 0.157. The second kappa shape index (κ2) is 6.49. The topological polar surface area (TPSA) is 46.4 Å². The van der Waals surface area contributed by atoms with E-state index >= 15 is 0 Å². The fourth-order valence-electron chi connectivity index (χ4n) is 2.67. The highest BCUT2D eigenvalue weighted by atomic mass is 19.1. The molecule has 0 radical (unpaired) electrons. The molecule has 0 saturated heterocycles. The molecule has 0 aliphatic rings. The van der Waals surface area contributed by atoms with Gasteiger partial charge in [-0.3, -0.25) is 9.20 Å². The van der Waals surface area contributed by atoms with Crippen molar-refractivity contribution >= 4 is 5.65 Å². The Labute approximate surface area is 137 Å². The molecule has 0 saturated carbocycles. The van der Waals surface area contributed by atoms with E-state index in [4.69, 9.17) is 0 Å². The predicted octanol–water partition coefficient (Wildman–Crippen LogP) is 3.13. The summed E-state index contributed by atoms with van der Waals surface area (Å²) in [5, 5.41) is 3.11. The molecule has 0 spiro atoms. The van der Waals surface area contributed by atoms with Crippen molar-refractivity contribution < 1.29 is 8.78 Å². The molecule has 1 atom stereocenters. The standard InChI is InChI=1S/C18H17F2N3O/c1-11-4-3-5-17-22-14(9-18(24)23(11)17)10-21-12(2)15-7-6-13(19)8-16(15)20/h3-9,12,21H,10H2,1-2H3/t12-/m1/s1. The molecular formula is C18H17F2N3O. The van der Waals surface area contributed by atoms with E-state index in [1.54, 1.807) is 13.0 Å². The van der Waals surface area contributed by atoms with Crippen LogP contribution in [0.3, 0.4) is 0 Å². The molecular weight excluding hydrogens is 312 g/mol. The summed E-state index contributed by atoms with van der Waals surface area (Å²) in [6, 6.07) is 10.1. The molecule has 1 N–H and O–H groups in total. The van der Waals surface area contributed by atoms with Crippen LogP contribution in [0.5, 0.6) is 0 Å². The zero-order valence-electron chi connectivity index (χ0n) is 13.4. The van der Waals surface area contributed by atoms with E-state index in [1.807, 2.05) is 19.1 Å². The number of hydrogen-bond acceptors (Lipinski definition) is 3. The highest BCUT2D eigenvalue weighted by molar-refractivity contribution is 5.40. The number of hydrogen-bond donors (Lipinski definition) is 1. The predicted molar refractivity (Wildman–Crippen MR) is 87.8 cm³/mol. The fourth-order valence-corrected chi connectivity index (χ4v) is 2.67. The van der Waals surface area contributed by atoms with E-state index < -0.39 is 11.6 Å². The number of nitrogens with zero attached hydrogens (tertiary/aromatic N) is 2. The van der Waals surface area contributed by atoms with E-state index in [1.165, 1.54) is 22.6 Å². The summed E-state index contributed by atoms with van der Waals surface area (Å²) in [7, 11) is 0. The van der Waals surface area contributed by atoms with Gasteiger partial charge >= 0.3 is 0 Å². The first-order valence-corrected chi connectivity index (χ1v) is 7.62. The van der Waals surface area contributed by atoms with E-state index in [2.05, 4.69) is 10.3 Å². The number of benzene rings is 1. The van der Waals surface area contributed by atoms with Gasteiger partial charge in [-0.15, -0.1) is 0 Å². The average Bonchev–Trinajstić information content (AvgIpc) is 2.52. The Kier molecular flexibility index (Phi) is 4.40. The Morgan fingerprint density at radius 3 is 2.75 bits per heavy atom. The number of nitrogens with one attached hydrogen (secondary N) is 1. The lowest BCUT2D eigenvalue weighted by atomic mass is 10.1. The Balaban J connectivity index is 1.82. The summed E-state index contributed by atoms with van der Waals surface area (Å²) in [5.41, 5.74) is 2.16. The van der Waals surface area contributed by atoms with Crippen LogP contribution in [-0.2, 0) is 6.54 Å². The van der Waals surface area contributed by atoms with Crippen LogP contribution in [-0.4, -0.2) is 9.38 Å². The van der Waals surface area contributed by atoms with Gasteiger partial charge in [0.1, 0.15) is 17.3 Å². The summed E-state index contributed by atoms with van der Waals surface area (Å²) in [4.78, 5) is 16.7. The number of aryl methyl sites for hydroxylation is 1. The maximum Gasteiger partial charge on any atom is 0.258 e. The number of pyridine rings is 1. The number of fused-ring (bicyclic) bond motifs is 1. The summed E-state index contributed by atoms with van der Waals surface area (Å²) in [6.07, 6.45) is 0. The van der Waals surface area contributed by atoms with Gasteiger partial charge in [0, 0.05) is 36.0 Å². The van der Waals surface area contributed by atoms with Crippen LogP contribution in [0.4, 0.5) is 8.78 Å². The lowest BCUT2D eigenvalue weighted by Crippen LogP contribution is -2.23.